The molecule has 4 rings (SSSR count). The summed E-state index contributed by atoms with van der Waals surface area (Å²) >= 11 is 2.15. The second-order valence-electron chi connectivity index (χ2n) is 5.82. The molecule has 1 N–H and O–H groups in total. The van der Waals surface area contributed by atoms with Gasteiger partial charge < -0.3 is 10.1 Å². The van der Waals surface area contributed by atoms with E-state index in [9.17, 15) is 4.79 Å². The lowest BCUT2D eigenvalue weighted by atomic mass is 10.2. The Hall–Kier alpha value is -2.94. The van der Waals surface area contributed by atoms with Crippen LogP contribution in [0.2, 0.25) is 0 Å². The monoisotopic (exact) mass is 470 g/mol. The van der Waals surface area contributed by atoms with Crippen LogP contribution in [0.3, 0.4) is 0 Å². The highest BCUT2D eigenvalue weighted by atomic mass is 127. The molecule has 0 aliphatic heterocycles. The Morgan fingerprint density at radius 3 is 2.48 bits per heavy atom. The zero-order valence-electron chi connectivity index (χ0n) is 14.4. The number of nitrogens with one attached hydrogen (secondary N) is 1. The first-order valence-electron chi connectivity index (χ1n) is 8.21. The molecule has 0 atom stereocenters. The third-order valence-corrected chi connectivity index (χ3v) is 5.00. The van der Waals surface area contributed by atoms with E-state index in [1.807, 2.05) is 60.7 Å². The Labute approximate surface area is 169 Å². The Bertz CT molecular complexity index is 1120. The van der Waals surface area contributed by atoms with Gasteiger partial charge in [0.05, 0.1) is 18.4 Å². The van der Waals surface area contributed by atoms with Crippen LogP contribution in [0.15, 0.2) is 66.7 Å². The number of hydrogen-bond acceptors (Lipinski definition) is 4. The second kappa shape index (κ2) is 7.36. The molecule has 1 amide bonds. The van der Waals surface area contributed by atoms with Crippen LogP contribution in [0.5, 0.6) is 5.75 Å². The van der Waals surface area contributed by atoms with Crippen LogP contribution in [0.25, 0.3) is 16.7 Å². The molecular formula is C20H15IN4O2. The molecule has 6 nitrogen and oxygen atoms in total. The highest BCUT2D eigenvalue weighted by Crippen LogP contribution is 2.20. The van der Waals surface area contributed by atoms with E-state index in [1.54, 1.807) is 18.0 Å². The molecule has 0 bridgehead atoms. The van der Waals surface area contributed by atoms with Gasteiger partial charge >= 0.3 is 0 Å². The number of amides is 1. The maximum atomic E-state index is 12.5. The van der Waals surface area contributed by atoms with E-state index in [-0.39, 0.29) is 5.91 Å². The number of rotatable bonds is 4. The van der Waals surface area contributed by atoms with Crippen molar-refractivity contribution in [1.82, 2.24) is 15.0 Å². The molecule has 0 fully saturated rings. The van der Waals surface area contributed by atoms with Gasteiger partial charge in [0.15, 0.2) is 0 Å². The van der Waals surface area contributed by atoms with Crippen molar-refractivity contribution in [3.8, 4) is 11.4 Å². The van der Waals surface area contributed by atoms with Crippen molar-refractivity contribution in [2.24, 2.45) is 0 Å². The number of methoxy groups -OCH3 is 1. The van der Waals surface area contributed by atoms with Crippen molar-refractivity contribution in [3.05, 3.63) is 75.9 Å². The van der Waals surface area contributed by atoms with E-state index < -0.39 is 0 Å². The minimum Gasteiger partial charge on any atom is -0.497 e. The molecule has 3 aromatic carbocycles. The smallest absolute Gasteiger partial charge is 0.256 e. The summed E-state index contributed by atoms with van der Waals surface area (Å²) in [5.41, 5.74) is 3.59. The summed E-state index contributed by atoms with van der Waals surface area (Å²) in [6.45, 7) is 0. The quantitative estimate of drug-likeness (QED) is 0.452. The number of benzene rings is 3. The summed E-state index contributed by atoms with van der Waals surface area (Å²) in [6.07, 6.45) is 0. The van der Waals surface area contributed by atoms with Gasteiger partial charge in [0, 0.05) is 9.26 Å². The highest BCUT2D eigenvalue weighted by molar-refractivity contribution is 14.1. The van der Waals surface area contributed by atoms with Crippen molar-refractivity contribution >= 4 is 45.2 Å². The standard InChI is InChI=1S/C20H15IN4O2/c1-27-15-9-7-14(8-10-15)25-23-18-11-6-13(12-19(18)24-25)22-20(26)16-4-2-3-5-17(16)21/h2-12H,1H3,(H,22,26). The highest BCUT2D eigenvalue weighted by Gasteiger charge is 2.11. The molecule has 27 heavy (non-hydrogen) atoms. The molecule has 0 unspecified atom stereocenters. The lowest BCUT2D eigenvalue weighted by molar-refractivity contribution is 0.102. The first-order chi connectivity index (χ1) is 13.1. The zero-order chi connectivity index (χ0) is 18.8. The first kappa shape index (κ1) is 17.5. The topological polar surface area (TPSA) is 69.0 Å². The molecule has 7 heteroatoms. The lowest BCUT2D eigenvalue weighted by Crippen LogP contribution is -2.13. The van der Waals surface area contributed by atoms with Crippen LogP contribution < -0.4 is 10.1 Å². The molecule has 0 saturated heterocycles. The number of halogens is 1. The van der Waals surface area contributed by atoms with Gasteiger partial charge in [-0.05, 0) is 77.2 Å². The maximum absolute atomic E-state index is 12.5. The molecule has 0 aliphatic carbocycles. The molecule has 1 heterocycles. The maximum Gasteiger partial charge on any atom is 0.256 e. The SMILES string of the molecule is COc1ccc(-n2nc3ccc(NC(=O)c4ccccc4I)cc3n2)cc1. The van der Waals surface area contributed by atoms with Crippen LogP contribution in [-0.2, 0) is 0 Å². The van der Waals surface area contributed by atoms with Crippen molar-refractivity contribution in [1.29, 1.82) is 0 Å². The molecule has 0 radical (unpaired) electrons. The van der Waals surface area contributed by atoms with Gasteiger partial charge in [-0.2, -0.15) is 4.80 Å². The van der Waals surface area contributed by atoms with E-state index >= 15 is 0 Å². The molecule has 134 valence electrons. The third kappa shape index (κ3) is 3.63. The zero-order valence-corrected chi connectivity index (χ0v) is 16.5. The summed E-state index contributed by atoms with van der Waals surface area (Å²) in [6, 6.07) is 20.4. The number of ether oxygens (including phenoxy) is 1. The Morgan fingerprint density at radius 1 is 1.00 bits per heavy atom. The van der Waals surface area contributed by atoms with Gasteiger partial charge in [0.2, 0.25) is 0 Å². The van der Waals surface area contributed by atoms with Crippen molar-refractivity contribution < 1.29 is 9.53 Å². The Kier molecular flexibility index (Phi) is 4.76. The van der Waals surface area contributed by atoms with Crippen LogP contribution in [0.1, 0.15) is 10.4 Å². The average molecular weight is 470 g/mol. The number of hydrogen-bond donors (Lipinski definition) is 1. The minimum absolute atomic E-state index is 0.151. The van der Waals surface area contributed by atoms with Gasteiger partial charge in [0.1, 0.15) is 16.8 Å². The lowest BCUT2D eigenvalue weighted by Gasteiger charge is -2.06. The minimum atomic E-state index is -0.151. The van der Waals surface area contributed by atoms with Crippen LogP contribution in [-0.4, -0.2) is 28.0 Å². The number of fused-ring (bicyclic) bond motifs is 1. The molecule has 1 aromatic heterocycles. The fourth-order valence-corrected chi connectivity index (χ4v) is 3.30. The number of nitrogens with zero attached hydrogens (tertiary/aromatic N) is 3. The third-order valence-electron chi connectivity index (χ3n) is 4.06. The first-order valence-corrected chi connectivity index (χ1v) is 9.29. The van der Waals surface area contributed by atoms with Gasteiger partial charge in [-0.3, -0.25) is 4.79 Å². The van der Waals surface area contributed by atoms with Crippen molar-refractivity contribution in [3.63, 3.8) is 0 Å². The van der Waals surface area contributed by atoms with Gasteiger partial charge in [-0.15, -0.1) is 10.2 Å². The molecule has 0 saturated carbocycles. The van der Waals surface area contributed by atoms with Crippen LogP contribution in [0, 0.1) is 3.57 Å². The normalized spacial score (nSPS) is 10.7. The fourth-order valence-electron chi connectivity index (χ4n) is 2.67. The summed E-state index contributed by atoms with van der Waals surface area (Å²) in [5.74, 6) is 0.623. The van der Waals surface area contributed by atoms with Gasteiger partial charge in [-0.25, -0.2) is 0 Å². The van der Waals surface area contributed by atoms with E-state index in [0.29, 0.717) is 16.8 Å². The number of carbonyl (C=O) groups excluding carboxylic acids is 1. The fraction of sp³-hybridized carbons (Fsp3) is 0.0500. The number of carbonyl (C=O) groups is 1. The van der Waals surface area contributed by atoms with Crippen LogP contribution >= 0.6 is 22.6 Å². The van der Waals surface area contributed by atoms with E-state index in [1.165, 1.54) is 0 Å². The number of aromatic nitrogens is 3. The van der Waals surface area contributed by atoms with E-state index in [4.69, 9.17) is 4.74 Å². The Balaban J connectivity index is 1.60. The molecule has 4 aromatic rings. The van der Waals surface area contributed by atoms with Crippen molar-refractivity contribution in [2.75, 3.05) is 12.4 Å². The summed E-state index contributed by atoms with van der Waals surface area (Å²) in [4.78, 5) is 14.1. The van der Waals surface area contributed by atoms with Gasteiger partial charge in [0.25, 0.3) is 5.91 Å². The van der Waals surface area contributed by atoms with Gasteiger partial charge in [-0.1, -0.05) is 12.1 Å². The summed E-state index contributed by atoms with van der Waals surface area (Å²) in [5, 5.41) is 11.9. The molecular weight excluding hydrogens is 455 g/mol. The van der Waals surface area contributed by atoms with E-state index in [0.717, 1.165) is 20.5 Å². The van der Waals surface area contributed by atoms with Crippen molar-refractivity contribution in [2.45, 2.75) is 0 Å². The Morgan fingerprint density at radius 2 is 1.74 bits per heavy atom. The average Bonchev–Trinajstić information content (AvgIpc) is 3.11. The predicted octanol–water partition coefficient (Wildman–Crippen LogP) is 4.29. The second-order valence-corrected chi connectivity index (χ2v) is 6.99. The largest absolute Gasteiger partial charge is 0.497 e. The molecule has 0 aliphatic rings. The summed E-state index contributed by atoms with van der Waals surface area (Å²) < 4.78 is 6.07. The predicted molar refractivity (Wildman–Crippen MR) is 113 cm³/mol. The van der Waals surface area contributed by atoms with E-state index in [2.05, 4.69) is 38.1 Å². The molecule has 0 spiro atoms. The van der Waals surface area contributed by atoms with Crippen LogP contribution in [0.4, 0.5) is 5.69 Å². The summed E-state index contributed by atoms with van der Waals surface area (Å²) in [7, 11) is 1.63. The number of anilines is 1.